The molecule has 1 aliphatic rings. The van der Waals surface area contributed by atoms with E-state index >= 15 is 0 Å². The van der Waals surface area contributed by atoms with Gasteiger partial charge in [0.2, 0.25) is 0 Å². The van der Waals surface area contributed by atoms with E-state index in [0.29, 0.717) is 16.6 Å². The van der Waals surface area contributed by atoms with E-state index in [4.69, 9.17) is 11.6 Å². The molecule has 1 aliphatic carbocycles. The maximum Gasteiger partial charge on any atom is 0.261 e. The summed E-state index contributed by atoms with van der Waals surface area (Å²) in [5.74, 6) is 0.251. The van der Waals surface area contributed by atoms with Crippen LogP contribution in [0.1, 0.15) is 80.0 Å². The molecule has 162 valence electrons. The Hall–Kier alpha value is -2.07. The van der Waals surface area contributed by atoms with Crippen LogP contribution in [0.3, 0.4) is 0 Å². The van der Waals surface area contributed by atoms with E-state index in [1.807, 2.05) is 19.1 Å². The molecule has 0 spiro atoms. The van der Waals surface area contributed by atoms with Crippen molar-refractivity contribution < 1.29 is 4.79 Å². The molecule has 0 atom stereocenters. The highest BCUT2D eigenvalue weighted by Crippen LogP contribution is 2.27. The van der Waals surface area contributed by atoms with Crippen molar-refractivity contribution in [3.05, 3.63) is 62.5 Å². The van der Waals surface area contributed by atoms with Gasteiger partial charge >= 0.3 is 0 Å². The topological polar surface area (TPSA) is 51.1 Å². The Morgan fingerprint density at radius 3 is 2.60 bits per heavy atom. The molecule has 1 aromatic heterocycles. The zero-order valence-corrected chi connectivity index (χ0v) is 18.9. The Balaban J connectivity index is 1.98. The number of aromatic nitrogens is 1. The third kappa shape index (κ3) is 5.54. The van der Waals surface area contributed by atoms with Crippen LogP contribution in [0.25, 0.3) is 0 Å². The maximum atomic E-state index is 13.2. The van der Waals surface area contributed by atoms with Gasteiger partial charge in [-0.15, -0.1) is 0 Å². The van der Waals surface area contributed by atoms with Gasteiger partial charge in [-0.25, -0.2) is 0 Å². The number of unbranched alkanes of at least 4 members (excludes halogenated alkanes) is 2. The van der Waals surface area contributed by atoms with Crippen LogP contribution in [-0.4, -0.2) is 10.5 Å². The number of hydrogen-bond acceptors (Lipinski definition) is 2. The molecule has 0 bridgehead atoms. The second kappa shape index (κ2) is 10.8. The predicted octanol–water partition coefficient (Wildman–Crippen LogP) is 6.38. The number of halogens is 1. The van der Waals surface area contributed by atoms with E-state index in [9.17, 15) is 9.59 Å². The summed E-state index contributed by atoms with van der Waals surface area (Å²) in [5.41, 5.74) is 2.42. The summed E-state index contributed by atoms with van der Waals surface area (Å²) in [4.78, 5) is 26.2. The van der Waals surface area contributed by atoms with E-state index in [2.05, 4.69) is 16.8 Å². The molecule has 30 heavy (non-hydrogen) atoms. The number of amides is 1. The molecule has 2 aromatic rings. The van der Waals surface area contributed by atoms with Crippen molar-refractivity contribution in [1.82, 2.24) is 4.57 Å². The average molecular weight is 429 g/mol. The van der Waals surface area contributed by atoms with Crippen LogP contribution in [0, 0.1) is 12.8 Å². The average Bonchev–Trinajstić information content (AvgIpc) is 2.73. The van der Waals surface area contributed by atoms with Gasteiger partial charge in [-0.1, -0.05) is 62.8 Å². The number of nitrogens with one attached hydrogen (secondary N) is 1. The van der Waals surface area contributed by atoms with Crippen molar-refractivity contribution in [2.75, 3.05) is 5.32 Å². The van der Waals surface area contributed by atoms with Gasteiger partial charge in [0.1, 0.15) is 5.56 Å². The normalized spacial score (nSPS) is 14.6. The van der Waals surface area contributed by atoms with E-state index in [-0.39, 0.29) is 16.9 Å². The van der Waals surface area contributed by atoms with E-state index < -0.39 is 0 Å². The molecule has 1 saturated carbocycles. The Kier molecular flexibility index (Phi) is 8.15. The van der Waals surface area contributed by atoms with Gasteiger partial charge in [0.05, 0.1) is 10.7 Å². The highest BCUT2D eigenvalue weighted by molar-refractivity contribution is 6.33. The van der Waals surface area contributed by atoms with Crippen LogP contribution < -0.4 is 10.7 Å². The number of pyridine rings is 1. The molecule has 5 heteroatoms. The first-order chi connectivity index (χ1) is 14.5. The fraction of sp³-hybridized carbons (Fsp3) is 0.520. The molecule has 1 amide bonds. The first kappa shape index (κ1) is 22.6. The quantitative estimate of drug-likeness (QED) is 0.496. The summed E-state index contributed by atoms with van der Waals surface area (Å²) in [7, 11) is 0. The zero-order chi connectivity index (χ0) is 21.5. The number of carbonyl (C=O) groups excluding carboxylic acids is 1. The van der Waals surface area contributed by atoms with Crippen LogP contribution in [0.4, 0.5) is 5.69 Å². The largest absolute Gasteiger partial charge is 0.348 e. The summed E-state index contributed by atoms with van der Waals surface area (Å²) in [6, 6.07) is 8.74. The molecule has 1 aromatic carbocycles. The van der Waals surface area contributed by atoms with Crippen LogP contribution >= 0.6 is 11.6 Å². The molecule has 3 rings (SSSR count). The number of rotatable bonds is 8. The Morgan fingerprint density at radius 1 is 1.17 bits per heavy atom. The molecule has 1 fully saturated rings. The van der Waals surface area contributed by atoms with Crippen LogP contribution in [-0.2, 0) is 13.0 Å². The van der Waals surface area contributed by atoms with Gasteiger partial charge in [-0.3, -0.25) is 9.59 Å². The van der Waals surface area contributed by atoms with E-state index in [1.165, 1.54) is 32.1 Å². The van der Waals surface area contributed by atoms with Crippen molar-refractivity contribution in [1.29, 1.82) is 0 Å². The minimum atomic E-state index is -0.364. The molecule has 0 aliphatic heterocycles. The Morgan fingerprint density at radius 2 is 1.90 bits per heavy atom. The predicted molar refractivity (Wildman–Crippen MR) is 125 cm³/mol. The number of para-hydroxylation sites is 1. The number of anilines is 1. The molecule has 1 N–H and O–H groups in total. The molecule has 0 saturated heterocycles. The fourth-order valence-corrected chi connectivity index (χ4v) is 4.69. The summed E-state index contributed by atoms with van der Waals surface area (Å²) >= 11 is 6.23. The monoisotopic (exact) mass is 428 g/mol. The second-order valence-corrected chi connectivity index (χ2v) is 8.88. The van der Waals surface area contributed by atoms with Gasteiger partial charge < -0.3 is 9.88 Å². The van der Waals surface area contributed by atoms with Gasteiger partial charge in [-0.05, 0) is 50.7 Å². The SMILES string of the molecule is CCCCCc1c(C(=O)Nc2ccccc2Cl)c(=O)cc(C)n1CC1CCCCC1. The first-order valence-electron chi connectivity index (χ1n) is 11.3. The Bertz CT molecular complexity index is 929. The summed E-state index contributed by atoms with van der Waals surface area (Å²) in [6.07, 6.45) is 10.2. The van der Waals surface area contributed by atoms with Crippen molar-refractivity contribution >= 4 is 23.2 Å². The third-order valence-corrected chi connectivity index (χ3v) is 6.49. The van der Waals surface area contributed by atoms with Gasteiger partial charge in [0, 0.05) is 24.0 Å². The molecular weight excluding hydrogens is 396 g/mol. The van der Waals surface area contributed by atoms with Crippen molar-refractivity contribution in [3.8, 4) is 0 Å². The molecular formula is C25H33ClN2O2. The zero-order valence-electron chi connectivity index (χ0n) is 18.2. The van der Waals surface area contributed by atoms with Crippen molar-refractivity contribution in [2.45, 2.75) is 78.2 Å². The summed E-state index contributed by atoms with van der Waals surface area (Å²) < 4.78 is 2.24. The minimum absolute atomic E-state index is 0.205. The van der Waals surface area contributed by atoms with Gasteiger partial charge in [0.25, 0.3) is 5.91 Å². The number of carbonyl (C=O) groups is 1. The number of aryl methyl sites for hydroxylation is 1. The smallest absolute Gasteiger partial charge is 0.261 e. The number of benzene rings is 1. The molecule has 0 unspecified atom stereocenters. The maximum absolute atomic E-state index is 13.2. The van der Waals surface area contributed by atoms with Gasteiger partial charge in [0.15, 0.2) is 5.43 Å². The highest BCUT2D eigenvalue weighted by Gasteiger charge is 2.23. The molecule has 1 heterocycles. The lowest BCUT2D eigenvalue weighted by molar-refractivity contribution is 0.102. The summed E-state index contributed by atoms with van der Waals surface area (Å²) in [6.45, 7) is 5.04. The van der Waals surface area contributed by atoms with Gasteiger partial charge in [-0.2, -0.15) is 0 Å². The lowest BCUT2D eigenvalue weighted by atomic mass is 9.89. The van der Waals surface area contributed by atoms with Crippen molar-refractivity contribution in [3.63, 3.8) is 0 Å². The minimum Gasteiger partial charge on any atom is -0.348 e. The van der Waals surface area contributed by atoms with E-state index in [1.54, 1.807) is 18.2 Å². The molecule has 4 nitrogen and oxygen atoms in total. The first-order valence-corrected chi connectivity index (χ1v) is 11.7. The van der Waals surface area contributed by atoms with Crippen LogP contribution in [0.5, 0.6) is 0 Å². The highest BCUT2D eigenvalue weighted by atomic mass is 35.5. The van der Waals surface area contributed by atoms with Crippen LogP contribution in [0.15, 0.2) is 35.1 Å². The lowest BCUT2D eigenvalue weighted by Crippen LogP contribution is -2.30. The van der Waals surface area contributed by atoms with Crippen LogP contribution in [0.2, 0.25) is 5.02 Å². The standard InChI is InChI=1S/C25H33ClN2O2/c1-3-4-6-15-22-24(25(30)27-21-14-10-9-13-20(21)26)23(29)16-18(2)28(22)17-19-11-7-5-8-12-19/h9-10,13-14,16,19H,3-8,11-12,15,17H2,1-2H3,(H,27,30). The fourth-order valence-electron chi connectivity index (χ4n) is 4.50. The second-order valence-electron chi connectivity index (χ2n) is 8.48. The third-order valence-electron chi connectivity index (χ3n) is 6.16. The Labute approximate surface area is 184 Å². The number of hydrogen-bond donors (Lipinski definition) is 1. The summed E-state index contributed by atoms with van der Waals surface area (Å²) in [5, 5.41) is 3.33. The van der Waals surface area contributed by atoms with E-state index in [0.717, 1.165) is 43.6 Å². The lowest BCUT2D eigenvalue weighted by Gasteiger charge is -2.27. The van der Waals surface area contributed by atoms with Crippen molar-refractivity contribution in [2.24, 2.45) is 5.92 Å². The number of nitrogens with zero attached hydrogens (tertiary/aromatic N) is 1. The molecule has 0 radical (unpaired) electrons.